The monoisotopic (exact) mass is 544 g/mol. The molecule has 1 saturated heterocycles. The molecule has 10 nitrogen and oxygen atoms in total. The average Bonchev–Trinajstić information content (AvgIpc) is 2.95. The van der Waals surface area contributed by atoms with E-state index in [0.29, 0.717) is 56.1 Å². The summed E-state index contributed by atoms with van der Waals surface area (Å²) in [5, 5.41) is 16.1. The molecular weight excluding hydrogens is 500 g/mol. The van der Waals surface area contributed by atoms with Crippen LogP contribution in [0, 0.1) is 11.8 Å². The van der Waals surface area contributed by atoms with Gasteiger partial charge in [0.1, 0.15) is 6.10 Å². The van der Waals surface area contributed by atoms with Gasteiger partial charge in [-0.3, -0.25) is 9.59 Å². The smallest absolute Gasteiger partial charge is 0.317 e. The van der Waals surface area contributed by atoms with Crippen molar-refractivity contribution >= 4 is 23.5 Å². The predicted octanol–water partition coefficient (Wildman–Crippen LogP) is 3.25. The van der Waals surface area contributed by atoms with Gasteiger partial charge >= 0.3 is 6.03 Å². The van der Waals surface area contributed by atoms with Gasteiger partial charge in [0.25, 0.3) is 5.91 Å². The first-order chi connectivity index (χ1) is 18.8. The summed E-state index contributed by atoms with van der Waals surface area (Å²) in [5.74, 6) is -0.411. The normalized spacial score (nSPS) is 23.6. The molecule has 0 radical (unpaired) electrons. The van der Waals surface area contributed by atoms with Crippen molar-refractivity contribution in [3.8, 4) is 5.75 Å². The molecular formula is C29H44N4O6. The van der Waals surface area contributed by atoms with Crippen molar-refractivity contribution in [3.63, 3.8) is 0 Å². The maximum Gasteiger partial charge on any atom is 0.317 e. The molecule has 216 valence electrons. The van der Waals surface area contributed by atoms with Gasteiger partial charge in [-0.1, -0.05) is 32.3 Å². The van der Waals surface area contributed by atoms with Gasteiger partial charge in [-0.2, -0.15) is 0 Å². The Balaban J connectivity index is 1.59. The molecule has 0 unspecified atom stereocenters. The highest BCUT2D eigenvalue weighted by Gasteiger charge is 2.35. The molecule has 1 aliphatic carbocycles. The zero-order valence-electron chi connectivity index (χ0n) is 23.5. The van der Waals surface area contributed by atoms with Crippen molar-refractivity contribution in [2.24, 2.45) is 11.8 Å². The minimum Gasteiger partial charge on any atom is -0.485 e. The van der Waals surface area contributed by atoms with Gasteiger partial charge in [-0.05, 0) is 44.7 Å². The Hall–Kier alpha value is -2.85. The van der Waals surface area contributed by atoms with Crippen LogP contribution in [0.5, 0.6) is 5.75 Å². The summed E-state index contributed by atoms with van der Waals surface area (Å²) in [5.41, 5.74) is 0.758. The Labute approximate surface area is 231 Å². The van der Waals surface area contributed by atoms with E-state index in [4.69, 9.17) is 9.47 Å². The van der Waals surface area contributed by atoms with Crippen molar-refractivity contribution in [1.29, 1.82) is 0 Å². The molecule has 3 aliphatic rings. The fraction of sp³-hybridized carbons (Fsp3) is 0.690. The van der Waals surface area contributed by atoms with Crippen molar-refractivity contribution < 1.29 is 29.0 Å². The number of urea groups is 1. The van der Waals surface area contributed by atoms with E-state index in [2.05, 4.69) is 10.6 Å². The number of nitrogens with zero attached hydrogens (tertiary/aromatic N) is 2. The highest BCUT2D eigenvalue weighted by Crippen LogP contribution is 2.35. The van der Waals surface area contributed by atoms with E-state index in [1.54, 1.807) is 35.0 Å². The van der Waals surface area contributed by atoms with Crippen LogP contribution >= 0.6 is 0 Å². The summed E-state index contributed by atoms with van der Waals surface area (Å²) in [6.07, 6.45) is 6.29. The summed E-state index contributed by atoms with van der Waals surface area (Å²) in [4.78, 5) is 43.1. The van der Waals surface area contributed by atoms with Gasteiger partial charge < -0.3 is 35.0 Å². The second-order valence-corrected chi connectivity index (χ2v) is 11.3. The van der Waals surface area contributed by atoms with Gasteiger partial charge in [0.05, 0.1) is 30.4 Å². The fourth-order valence-corrected chi connectivity index (χ4v) is 5.64. The van der Waals surface area contributed by atoms with Crippen LogP contribution in [-0.4, -0.2) is 90.9 Å². The molecule has 2 heterocycles. The number of anilines is 1. The summed E-state index contributed by atoms with van der Waals surface area (Å²) >= 11 is 0. The number of aliphatic hydroxyl groups is 1. The third kappa shape index (κ3) is 7.22. The number of para-hydroxylation sites is 1. The maximum absolute atomic E-state index is 13.7. The van der Waals surface area contributed by atoms with Gasteiger partial charge in [-0.25, -0.2) is 4.79 Å². The summed E-state index contributed by atoms with van der Waals surface area (Å²) in [6.45, 7) is 5.37. The minimum atomic E-state index is -0.450. The van der Waals surface area contributed by atoms with Crippen molar-refractivity contribution in [2.45, 2.75) is 77.0 Å². The van der Waals surface area contributed by atoms with E-state index in [1.807, 2.05) is 13.8 Å². The van der Waals surface area contributed by atoms with Crippen LogP contribution in [0.15, 0.2) is 18.2 Å². The molecule has 2 aliphatic heterocycles. The number of carbonyl (C=O) groups excluding carboxylic acids is 3. The van der Waals surface area contributed by atoms with Crippen LogP contribution < -0.4 is 15.4 Å². The summed E-state index contributed by atoms with van der Waals surface area (Å²) in [7, 11) is 1.76. The Morgan fingerprint density at radius 1 is 1.15 bits per heavy atom. The van der Waals surface area contributed by atoms with Crippen molar-refractivity contribution in [3.05, 3.63) is 23.8 Å². The maximum atomic E-state index is 13.7. The Bertz CT molecular complexity index is 1010. The van der Waals surface area contributed by atoms with Crippen LogP contribution in [0.25, 0.3) is 0 Å². The number of aliphatic hydroxyl groups excluding tert-OH is 1. The second kappa shape index (κ2) is 13.5. The topological polar surface area (TPSA) is 120 Å². The van der Waals surface area contributed by atoms with Crippen molar-refractivity contribution in [1.82, 2.24) is 15.1 Å². The second-order valence-electron chi connectivity index (χ2n) is 11.3. The van der Waals surface area contributed by atoms with E-state index in [-0.39, 0.29) is 42.3 Å². The van der Waals surface area contributed by atoms with Crippen LogP contribution in [-0.2, 0) is 9.53 Å². The third-order valence-electron chi connectivity index (χ3n) is 8.27. The number of nitrogens with one attached hydrogen (secondary N) is 2. The average molecular weight is 545 g/mol. The lowest BCUT2D eigenvalue weighted by molar-refractivity contribution is -0.122. The van der Waals surface area contributed by atoms with E-state index in [9.17, 15) is 19.5 Å². The zero-order valence-corrected chi connectivity index (χ0v) is 23.5. The van der Waals surface area contributed by atoms with E-state index in [1.165, 1.54) is 6.42 Å². The summed E-state index contributed by atoms with van der Waals surface area (Å²) < 4.78 is 11.9. The number of likely N-dealkylation sites (N-methyl/N-ethyl adjacent to an activating group) is 1. The molecule has 4 rings (SSSR count). The SMILES string of the molecule is C[C@@H]1CN([C@@H](C)CO)C(=O)c2cccc(NC(=O)C3CCOCC3)c2O[C@@H]1CN(C)C(=O)NC1CCCCC1. The predicted molar refractivity (Wildman–Crippen MR) is 148 cm³/mol. The highest BCUT2D eigenvalue weighted by atomic mass is 16.5. The van der Waals surface area contributed by atoms with Crippen LogP contribution in [0.2, 0.25) is 0 Å². The molecule has 0 spiro atoms. The molecule has 1 aromatic carbocycles. The Morgan fingerprint density at radius 3 is 2.56 bits per heavy atom. The van der Waals surface area contributed by atoms with Crippen LogP contribution in [0.3, 0.4) is 0 Å². The van der Waals surface area contributed by atoms with Gasteiger partial charge in [0.15, 0.2) is 5.75 Å². The van der Waals surface area contributed by atoms with Gasteiger partial charge in [0, 0.05) is 44.7 Å². The lowest BCUT2D eigenvalue weighted by atomic mass is 9.96. The fourth-order valence-electron chi connectivity index (χ4n) is 5.64. The Kier molecular flexibility index (Phi) is 10.1. The number of rotatable bonds is 7. The van der Waals surface area contributed by atoms with Crippen LogP contribution in [0.4, 0.5) is 10.5 Å². The van der Waals surface area contributed by atoms with Crippen molar-refractivity contribution in [2.75, 3.05) is 45.3 Å². The van der Waals surface area contributed by atoms with E-state index in [0.717, 1.165) is 25.7 Å². The first-order valence-corrected chi connectivity index (χ1v) is 14.4. The number of fused-ring (bicyclic) bond motifs is 1. The number of benzene rings is 1. The molecule has 39 heavy (non-hydrogen) atoms. The number of ether oxygens (including phenoxy) is 2. The number of carbonyl (C=O) groups is 3. The molecule has 1 saturated carbocycles. The van der Waals surface area contributed by atoms with E-state index < -0.39 is 12.1 Å². The van der Waals surface area contributed by atoms with E-state index >= 15 is 0 Å². The molecule has 4 amide bonds. The number of amides is 4. The Morgan fingerprint density at radius 2 is 1.87 bits per heavy atom. The summed E-state index contributed by atoms with van der Waals surface area (Å²) in [6, 6.07) is 4.80. The number of hydrogen-bond acceptors (Lipinski definition) is 6. The first-order valence-electron chi connectivity index (χ1n) is 14.4. The third-order valence-corrected chi connectivity index (χ3v) is 8.27. The lowest BCUT2D eigenvalue weighted by Gasteiger charge is -2.38. The molecule has 3 atom stereocenters. The molecule has 10 heteroatoms. The standard InChI is InChI=1S/C29H44N4O6/c1-19-16-33(20(2)18-34)28(36)23-10-7-11-24(31-27(35)21-12-14-38-15-13-21)26(23)39-25(19)17-32(3)29(37)30-22-8-5-4-6-9-22/h7,10-11,19-22,25,34H,4-6,8-9,12-18H2,1-3H3,(H,30,37)(H,31,35)/t19-,20+,25-/m1/s1. The molecule has 2 fully saturated rings. The molecule has 1 aromatic rings. The lowest BCUT2D eigenvalue weighted by Crippen LogP contribution is -2.52. The largest absolute Gasteiger partial charge is 0.485 e. The molecule has 0 aromatic heterocycles. The highest BCUT2D eigenvalue weighted by molar-refractivity contribution is 6.02. The quantitative estimate of drug-likeness (QED) is 0.485. The number of hydrogen-bond donors (Lipinski definition) is 3. The molecule has 0 bridgehead atoms. The van der Waals surface area contributed by atoms with Gasteiger partial charge in [0.2, 0.25) is 5.91 Å². The van der Waals surface area contributed by atoms with Gasteiger partial charge in [-0.15, -0.1) is 0 Å². The minimum absolute atomic E-state index is 0.126. The molecule has 3 N–H and O–H groups in total. The zero-order chi connectivity index (χ0) is 27.9. The first kappa shape index (κ1) is 29.1. The van der Waals surface area contributed by atoms with Crippen LogP contribution in [0.1, 0.15) is 69.2 Å².